The predicted octanol–water partition coefficient (Wildman–Crippen LogP) is 8.99. The summed E-state index contributed by atoms with van der Waals surface area (Å²) in [5.41, 5.74) is -0.667. The first-order valence-electron chi connectivity index (χ1n) is 43.1. The van der Waals surface area contributed by atoms with Gasteiger partial charge in [0.25, 0.3) is 0 Å². The summed E-state index contributed by atoms with van der Waals surface area (Å²) < 4.78 is 43.5. The number of carbonyl (C=O) groups excluding carboxylic acids is 11. The van der Waals surface area contributed by atoms with E-state index in [1.807, 2.05) is 0 Å². The van der Waals surface area contributed by atoms with E-state index in [2.05, 4.69) is 26.6 Å². The Morgan fingerprint density at radius 2 is 0.735 bits per heavy atom. The van der Waals surface area contributed by atoms with Crippen molar-refractivity contribution in [1.29, 1.82) is 0 Å². The van der Waals surface area contributed by atoms with Crippen LogP contribution >= 0.6 is 0 Å². The van der Waals surface area contributed by atoms with Crippen molar-refractivity contribution < 1.29 is 133 Å². The maximum absolute atomic E-state index is 13.8. The molecule has 0 aliphatic heterocycles. The Morgan fingerprint density at radius 3 is 1.20 bits per heavy atom. The highest BCUT2D eigenvalue weighted by Crippen LogP contribution is 2.27. The molecule has 0 spiro atoms. The fraction of sp³-hybridized carbons (Fsp3) is 0.821. The van der Waals surface area contributed by atoms with Gasteiger partial charge in [0.2, 0.25) is 29.5 Å². The van der Waals surface area contributed by atoms with E-state index < -0.39 is 86.8 Å². The molecule has 0 fully saturated rings. The number of nitrogens with one attached hydrogen (secondary N) is 5. The van der Waals surface area contributed by atoms with Gasteiger partial charge in [-0.25, -0.2) is 4.79 Å². The number of hydrogen-bond acceptors (Lipinski definition) is 23. The molecule has 0 radical (unpaired) electrons. The molecule has 117 heavy (non-hydrogen) atoms. The fourth-order valence-corrected chi connectivity index (χ4v) is 13.6. The molecule has 32 nitrogen and oxygen atoms in total. The maximum atomic E-state index is 13.8. The number of Topliss-reactive ketones (excluding diaryl/α,β-unsaturated/α-hetero) is 5. The van der Waals surface area contributed by atoms with E-state index in [0.717, 1.165) is 128 Å². The van der Waals surface area contributed by atoms with Crippen molar-refractivity contribution in [3.05, 3.63) is 0 Å². The number of aliphatic carboxylic acids is 4. The van der Waals surface area contributed by atoms with E-state index in [1.54, 1.807) is 20.8 Å². The number of carboxylic acids is 4. The molecule has 0 bridgehead atoms. The van der Waals surface area contributed by atoms with Crippen molar-refractivity contribution in [3.8, 4) is 0 Å². The maximum Gasteiger partial charge on any atom is 0.326 e. The summed E-state index contributed by atoms with van der Waals surface area (Å²) in [6.45, 7) is 8.98. The summed E-state index contributed by atoms with van der Waals surface area (Å²) in [4.78, 5) is 184. The Morgan fingerprint density at radius 1 is 0.325 bits per heavy atom. The molecule has 4 atom stereocenters. The fourth-order valence-electron chi connectivity index (χ4n) is 12.4. The van der Waals surface area contributed by atoms with Gasteiger partial charge in [0.15, 0.2) is 5.78 Å². The Bertz CT molecular complexity index is 2800. The number of carboxylic acid groups (broad SMARTS) is 4. The van der Waals surface area contributed by atoms with Gasteiger partial charge in [0.1, 0.15) is 63.9 Å². The smallest absolute Gasteiger partial charge is 0.326 e. The largest absolute Gasteiger partial charge is 0.481 e. The molecule has 0 aromatic heterocycles. The lowest BCUT2D eigenvalue weighted by molar-refractivity contribution is -0.145. The summed E-state index contributed by atoms with van der Waals surface area (Å²) in [6.07, 6.45) is 24.9. The van der Waals surface area contributed by atoms with Crippen LogP contribution in [0.25, 0.3) is 0 Å². The van der Waals surface area contributed by atoms with Crippen LogP contribution in [-0.4, -0.2) is 256 Å². The third kappa shape index (κ3) is 72.9. The standard InChI is InChI=1S/C84H147N5O27Si.2H2/c1-65(90)66(30-25-27-41-85-77(98)62-114-54-51-112-48-44-88-76(97)40-37-68(82(105)106)58-70(92)61-113-53-50-110-46-42-86-74(95)33-21-17-13-9-5-7-11-15-19-23-35-79(100)101)59-72(93)67(60-73(94)84(2,3)4)31-26-28-57-117-81(104)64-116-56-49-109-45-29-32-69(91)38-39-71(83(107)108)89-78(99)63-115-55-52-111-47-43-87-75(96)34-22-18-14-10-6-8-12-16-20-24-36-80(102)103;;/h66-68,71H,5-64,117H2,1-4H3,(H,85,98)(H,86,95)(H,87,96)(H,88,97)(H,89,99)(H,100,101)(H,102,103)(H,105,106)(H,107,108);2*1H/t66-,67-,68-,71?;;/m1../s1. The number of carbonyl (C=O) groups is 15. The number of unbranched alkanes of at least 4 members (excludes halogenated alkanes) is 20. The second-order valence-electron chi connectivity index (χ2n) is 31.1. The van der Waals surface area contributed by atoms with Gasteiger partial charge in [0.05, 0.1) is 85.2 Å². The molecule has 5 amide bonds. The van der Waals surface area contributed by atoms with Gasteiger partial charge in [-0.1, -0.05) is 149 Å². The molecule has 9 N–H and O–H groups in total. The quantitative estimate of drug-likeness (QED) is 0.0202. The van der Waals surface area contributed by atoms with Crippen molar-refractivity contribution in [3.63, 3.8) is 0 Å². The zero-order chi connectivity index (χ0) is 86.8. The van der Waals surface area contributed by atoms with Crippen LogP contribution in [0.3, 0.4) is 0 Å². The van der Waals surface area contributed by atoms with Crippen molar-refractivity contribution in [2.45, 2.75) is 290 Å². The van der Waals surface area contributed by atoms with E-state index in [1.165, 1.54) is 6.92 Å². The highest BCUT2D eigenvalue weighted by Gasteiger charge is 2.31. The number of amides is 5. The van der Waals surface area contributed by atoms with Crippen LogP contribution in [0.1, 0.15) is 281 Å². The third-order valence-corrected chi connectivity index (χ3v) is 21.1. The molecule has 0 rings (SSSR count). The molecule has 0 saturated heterocycles. The molecule has 0 aromatic carbocycles. The number of ketones is 5. The molecular weight excluding hydrogens is 1540 g/mol. The van der Waals surface area contributed by atoms with E-state index in [4.69, 9.17) is 48.1 Å². The van der Waals surface area contributed by atoms with E-state index in [-0.39, 0.29) is 219 Å². The summed E-state index contributed by atoms with van der Waals surface area (Å²) in [6, 6.07) is -0.594. The second-order valence-corrected chi connectivity index (χ2v) is 33.1. The SMILES string of the molecule is CC(=O)[C@H](CCCCNC(=O)COCCOCCNC(=O)CC[C@H](CC(=O)COCCOCCNC(=O)CCCCCCCCCCCCC(=O)O)C(=O)O)CC(=O)[C@H](CCCC[SiH2]C(=O)COCCOCCCC(=O)CCC(NC(=O)COCCOCCNC(=O)CCCCCCCCCCCCC(=O)O)C(=O)O)CC(=O)C(C)(C)C.[HH].[HH]. The minimum absolute atomic E-state index is 0. The Balaban J connectivity index is -0.0000673. The Kier molecular flexibility index (Phi) is 71.0. The first-order chi connectivity index (χ1) is 56.1. The lowest BCUT2D eigenvalue weighted by atomic mass is 9.80. The van der Waals surface area contributed by atoms with Crippen LogP contribution in [0.4, 0.5) is 0 Å². The lowest BCUT2D eigenvalue weighted by Crippen LogP contribution is -2.42. The van der Waals surface area contributed by atoms with Crippen LogP contribution < -0.4 is 26.6 Å². The zero-order valence-electron chi connectivity index (χ0n) is 71.1. The summed E-state index contributed by atoms with van der Waals surface area (Å²) >= 11 is 0. The summed E-state index contributed by atoms with van der Waals surface area (Å²) in [5, 5.41) is 50.1. The van der Waals surface area contributed by atoms with Gasteiger partial charge in [-0.05, 0) is 71.1 Å². The van der Waals surface area contributed by atoms with Crippen LogP contribution in [0.15, 0.2) is 0 Å². The van der Waals surface area contributed by atoms with Crippen LogP contribution in [0.5, 0.6) is 0 Å². The topological polar surface area (TPSA) is 471 Å². The first kappa shape index (κ1) is 110. The van der Waals surface area contributed by atoms with Crippen molar-refractivity contribution >= 4 is 97.3 Å². The monoisotopic (exact) mass is 1690 g/mol. The highest BCUT2D eigenvalue weighted by atomic mass is 28.2. The van der Waals surface area contributed by atoms with Crippen LogP contribution in [0, 0.1) is 23.2 Å². The average molecular weight is 1690 g/mol. The molecule has 33 heteroatoms. The predicted molar refractivity (Wildman–Crippen MR) is 444 cm³/mol. The highest BCUT2D eigenvalue weighted by molar-refractivity contribution is 6.74. The number of ether oxygens (including phenoxy) is 8. The molecule has 1 unspecified atom stereocenters. The Labute approximate surface area is 699 Å². The van der Waals surface area contributed by atoms with Gasteiger partial charge in [-0.3, -0.25) is 62.3 Å². The zero-order valence-corrected chi connectivity index (χ0v) is 72.5. The lowest BCUT2D eigenvalue weighted by Gasteiger charge is -2.23. The van der Waals surface area contributed by atoms with E-state index in [0.29, 0.717) is 83.5 Å². The number of hydrogen-bond donors (Lipinski definition) is 9. The van der Waals surface area contributed by atoms with E-state index in [9.17, 15) is 82.1 Å². The summed E-state index contributed by atoms with van der Waals surface area (Å²) in [7, 11) is -1.15. The normalized spacial score (nSPS) is 12.5. The minimum atomic E-state index is -1.28. The Hall–Kier alpha value is -6.85. The first-order valence-corrected chi connectivity index (χ1v) is 44.8. The molecule has 0 heterocycles. The van der Waals surface area contributed by atoms with Crippen molar-refractivity contribution in [2.75, 3.05) is 132 Å². The van der Waals surface area contributed by atoms with Gasteiger partial charge >= 0.3 is 23.9 Å². The van der Waals surface area contributed by atoms with Crippen molar-refractivity contribution in [2.24, 2.45) is 23.2 Å². The van der Waals surface area contributed by atoms with Gasteiger partial charge < -0.3 is 89.7 Å². The minimum Gasteiger partial charge on any atom is -0.481 e. The molecule has 0 saturated carbocycles. The summed E-state index contributed by atoms with van der Waals surface area (Å²) in [5.74, 6) is -8.64. The number of rotatable bonds is 87. The average Bonchev–Trinajstić information content (AvgIpc) is 0.865. The van der Waals surface area contributed by atoms with Gasteiger partial charge in [-0.15, -0.1) is 0 Å². The molecule has 678 valence electrons. The van der Waals surface area contributed by atoms with Crippen LogP contribution in [0.2, 0.25) is 6.04 Å². The van der Waals surface area contributed by atoms with E-state index >= 15 is 0 Å². The third-order valence-electron chi connectivity index (χ3n) is 19.5. The molecular formula is C84H151N5O27Si. The molecule has 0 aliphatic rings. The van der Waals surface area contributed by atoms with Gasteiger partial charge in [0, 0.05) is 117 Å². The molecule has 0 aromatic rings. The molecule has 0 aliphatic carbocycles. The van der Waals surface area contributed by atoms with Crippen LogP contribution in [-0.2, 0) is 110 Å². The van der Waals surface area contributed by atoms with Crippen molar-refractivity contribution in [1.82, 2.24) is 26.6 Å². The second kappa shape index (κ2) is 75.4. The van der Waals surface area contributed by atoms with Gasteiger partial charge in [-0.2, -0.15) is 0 Å².